The van der Waals surface area contributed by atoms with E-state index >= 15 is 0 Å². The molecule has 0 amide bonds. The van der Waals surface area contributed by atoms with Crippen molar-refractivity contribution in [3.8, 4) is 0 Å². The van der Waals surface area contributed by atoms with Crippen molar-refractivity contribution in [1.82, 2.24) is 5.32 Å². The minimum absolute atomic E-state index is 0.262. The summed E-state index contributed by atoms with van der Waals surface area (Å²) in [4.78, 5) is 34.1. The first-order chi connectivity index (χ1) is 13.4. The molecule has 0 spiro atoms. The molecule has 0 radical (unpaired) electrons. The van der Waals surface area contributed by atoms with Crippen molar-refractivity contribution in [1.29, 1.82) is 0 Å². The molecule has 148 valence electrons. The number of carbonyl (C=O) groups excluding carboxylic acids is 1. The van der Waals surface area contributed by atoms with Gasteiger partial charge in [-0.15, -0.1) is 0 Å². The van der Waals surface area contributed by atoms with Gasteiger partial charge in [0, 0.05) is 5.69 Å². The third kappa shape index (κ3) is 6.51. The Bertz CT molecular complexity index is 809. The summed E-state index contributed by atoms with van der Waals surface area (Å²) in [6, 6.07) is 13.9. The second-order valence-electron chi connectivity index (χ2n) is 6.60. The zero-order valence-electron chi connectivity index (χ0n) is 15.5. The zero-order valence-corrected chi connectivity index (χ0v) is 15.5. The quantitative estimate of drug-likeness (QED) is 0.438. The molecule has 2 aromatic carbocycles. The van der Waals surface area contributed by atoms with Crippen LogP contribution in [0.5, 0.6) is 0 Å². The number of nitrogens with one attached hydrogen (secondary N) is 2. The molecule has 0 aliphatic rings. The molecule has 1 unspecified atom stereocenters. The molecule has 0 heterocycles. The van der Waals surface area contributed by atoms with Crippen molar-refractivity contribution >= 4 is 23.9 Å². The van der Waals surface area contributed by atoms with E-state index in [1.807, 2.05) is 36.4 Å². The zero-order chi connectivity index (χ0) is 20.5. The predicted molar refractivity (Wildman–Crippen MR) is 105 cm³/mol. The highest BCUT2D eigenvalue weighted by molar-refractivity contribution is 5.77. The Hall–Kier alpha value is -3.19. The first-order valence-electron chi connectivity index (χ1n) is 8.95. The van der Waals surface area contributed by atoms with Crippen LogP contribution in [0.1, 0.15) is 18.1 Å². The standard InChI is InChI=1S/C21H24N2O5/c1-14(20(25)26)22-17-9-5-8-16(10-17)11-18(13-24)23-19(21(27)28)12-15-6-3-2-4-7-15/h2-10,13-14,18-19,22-23H,11-12H2,1H3,(H,25,26)(H,27,28)/t14-,18-,19?/m0/s1. The number of hydrogen-bond donors (Lipinski definition) is 4. The topological polar surface area (TPSA) is 116 Å². The lowest BCUT2D eigenvalue weighted by Gasteiger charge is -2.20. The maximum Gasteiger partial charge on any atom is 0.325 e. The van der Waals surface area contributed by atoms with E-state index in [2.05, 4.69) is 10.6 Å². The second kappa shape index (κ2) is 10.2. The summed E-state index contributed by atoms with van der Waals surface area (Å²) in [5.41, 5.74) is 2.27. The van der Waals surface area contributed by atoms with Crippen LogP contribution in [0.4, 0.5) is 5.69 Å². The van der Waals surface area contributed by atoms with Gasteiger partial charge < -0.3 is 20.3 Å². The number of carboxylic acids is 2. The number of carbonyl (C=O) groups is 3. The number of aldehydes is 1. The lowest BCUT2D eigenvalue weighted by Crippen LogP contribution is -2.46. The van der Waals surface area contributed by atoms with E-state index in [0.717, 1.165) is 11.1 Å². The summed E-state index contributed by atoms with van der Waals surface area (Å²) in [6.45, 7) is 1.53. The molecule has 0 bridgehead atoms. The second-order valence-corrected chi connectivity index (χ2v) is 6.60. The van der Waals surface area contributed by atoms with Crippen LogP contribution in [-0.4, -0.2) is 46.6 Å². The summed E-state index contributed by atoms with van der Waals surface area (Å²) < 4.78 is 0. The summed E-state index contributed by atoms with van der Waals surface area (Å²) in [7, 11) is 0. The van der Waals surface area contributed by atoms with Gasteiger partial charge in [0.1, 0.15) is 18.4 Å². The molecule has 0 saturated heterocycles. The van der Waals surface area contributed by atoms with Gasteiger partial charge in [-0.05, 0) is 43.0 Å². The van der Waals surface area contributed by atoms with E-state index < -0.39 is 30.1 Å². The molecule has 0 aliphatic carbocycles. The molecule has 7 nitrogen and oxygen atoms in total. The van der Waals surface area contributed by atoms with Crippen molar-refractivity contribution in [2.45, 2.75) is 37.9 Å². The molecule has 0 fully saturated rings. The lowest BCUT2D eigenvalue weighted by atomic mass is 10.0. The average Bonchev–Trinajstić information content (AvgIpc) is 2.67. The fraction of sp³-hybridized carbons (Fsp3) is 0.286. The van der Waals surface area contributed by atoms with Gasteiger partial charge in [-0.2, -0.15) is 0 Å². The lowest BCUT2D eigenvalue weighted by molar-refractivity contribution is -0.140. The van der Waals surface area contributed by atoms with Gasteiger partial charge in [0.25, 0.3) is 0 Å². The highest BCUT2D eigenvalue weighted by atomic mass is 16.4. The van der Waals surface area contributed by atoms with E-state index in [-0.39, 0.29) is 6.42 Å². The fourth-order valence-electron chi connectivity index (χ4n) is 2.83. The van der Waals surface area contributed by atoms with Crippen molar-refractivity contribution in [3.05, 3.63) is 65.7 Å². The number of hydrogen-bond acceptors (Lipinski definition) is 5. The number of rotatable bonds is 11. The van der Waals surface area contributed by atoms with Gasteiger partial charge in [-0.3, -0.25) is 14.9 Å². The first-order valence-corrected chi connectivity index (χ1v) is 8.95. The average molecular weight is 384 g/mol. The Kier molecular flexibility index (Phi) is 7.71. The van der Waals surface area contributed by atoms with Crippen LogP contribution in [0.15, 0.2) is 54.6 Å². The normalized spacial score (nSPS) is 13.9. The number of aliphatic carboxylic acids is 2. The minimum Gasteiger partial charge on any atom is -0.480 e. The monoisotopic (exact) mass is 384 g/mol. The maximum atomic E-state index is 11.6. The van der Waals surface area contributed by atoms with Crippen LogP contribution >= 0.6 is 0 Å². The molecular weight excluding hydrogens is 360 g/mol. The highest BCUT2D eigenvalue weighted by Gasteiger charge is 2.22. The third-order valence-corrected chi connectivity index (χ3v) is 4.30. The van der Waals surface area contributed by atoms with E-state index in [9.17, 15) is 19.5 Å². The Balaban J connectivity index is 2.05. The van der Waals surface area contributed by atoms with Crippen LogP contribution in [0.2, 0.25) is 0 Å². The Morgan fingerprint density at radius 3 is 2.25 bits per heavy atom. The number of carboxylic acid groups (broad SMARTS) is 2. The molecular formula is C21H24N2O5. The van der Waals surface area contributed by atoms with Crippen LogP contribution in [-0.2, 0) is 27.2 Å². The Morgan fingerprint density at radius 2 is 1.64 bits per heavy atom. The van der Waals surface area contributed by atoms with Crippen molar-refractivity contribution < 1.29 is 24.6 Å². The molecule has 0 aromatic heterocycles. The molecule has 3 atom stereocenters. The Labute approximate surface area is 163 Å². The SMILES string of the molecule is C[C@H](Nc1cccc(C[C@@H](C=O)NC(Cc2ccccc2)C(=O)O)c1)C(=O)O. The van der Waals surface area contributed by atoms with Gasteiger partial charge in [-0.25, -0.2) is 0 Å². The predicted octanol–water partition coefficient (Wildman–Crippen LogP) is 1.97. The van der Waals surface area contributed by atoms with Gasteiger partial charge in [-0.1, -0.05) is 42.5 Å². The largest absolute Gasteiger partial charge is 0.480 e. The van der Waals surface area contributed by atoms with Crippen molar-refractivity contribution in [3.63, 3.8) is 0 Å². The van der Waals surface area contributed by atoms with E-state index in [1.165, 1.54) is 6.92 Å². The van der Waals surface area contributed by atoms with Crippen LogP contribution in [0.3, 0.4) is 0 Å². The van der Waals surface area contributed by atoms with Crippen LogP contribution < -0.4 is 10.6 Å². The molecule has 7 heteroatoms. The molecule has 2 aromatic rings. The van der Waals surface area contributed by atoms with Crippen molar-refractivity contribution in [2.75, 3.05) is 5.32 Å². The summed E-state index contributed by atoms with van der Waals surface area (Å²) in [5.74, 6) is -2.00. The van der Waals surface area contributed by atoms with Crippen LogP contribution in [0.25, 0.3) is 0 Å². The minimum atomic E-state index is -1.03. The highest BCUT2D eigenvalue weighted by Crippen LogP contribution is 2.14. The first kappa shape index (κ1) is 21.1. The molecule has 28 heavy (non-hydrogen) atoms. The molecule has 0 saturated carbocycles. The fourth-order valence-corrected chi connectivity index (χ4v) is 2.83. The maximum absolute atomic E-state index is 11.6. The summed E-state index contributed by atoms with van der Waals surface area (Å²) in [6.07, 6.45) is 1.25. The molecule has 0 aliphatic heterocycles. The van der Waals surface area contributed by atoms with Crippen molar-refractivity contribution in [2.24, 2.45) is 0 Å². The molecule has 4 N–H and O–H groups in total. The van der Waals surface area contributed by atoms with E-state index in [0.29, 0.717) is 18.4 Å². The smallest absolute Gasteiger partial charge is 0.325 e. The van der Waals surface area contributed by atoms with E-state index in [1.54, 1.807) is 18.2 Å². The van der Waals surface area contributed by atoms with Crippen LogP contribution in [0, 0.1) is 0 Å². The number of anilines is 1. The van der Waals surface area contributed by atoms with Gasteiger partial charge >= 0.3 is 11.9 Å². The Morgan fingerprint density at radius 1 is 0.964 bits per heavy atom. The van der Waals surface area contributed by atoms with E-state index in [4.69, 9.17) is 5.11 Å². The summed E-state index contributed by atoms with van der Waals surface area (Å²) in [5, 5.41) is 24.2. The third-order valence-electron chi connectivity index (χ3n) is 4.30. The van der Waals surface area contributed by atoms with Gasteiger partial charge in [0.05, 0.1) is 6.04 Å². The summed E-state index contributed by atoms with van der Waals surface area (Å²) >= 11 is 0. The van der Waals surface area contributed by atoms with Gasteiger partial charge in [0.15, 0.2) is 0 Å². The van der Waals surface area contributed by atoms with Gasteiger partial charge in [0.2, 0.25) is 0 Å². The number of benzene rings is 2. The molecule has 2 rings (SSSR count).